The molecule has 2 aromatic rings. The molecule has 0 radical (unpaired) electrons. The molecular weight excluding hydrogens is 391 g/mol. The van der Waals surface area contributed by atoms with Gasteiger partial charge in [-0.2, -0.15) is 13.2 Å². The molecule has 2 aromatic carbocycles. The number of nitrogens with one attached hydrogen (secondary N) is 2. The maximum atomic E-state index is 13.9. The van der Waals surface area contributed by atoms with Crippen LogP contribution in [0.25, 0.3) is 0 Å². The maximum absolute atomic E-state index is 13.9. The highest BCUT2D eigenvalue weighted by Gasteiger charge is 2.68. The number of imide groups is 1. The monoisotopic (exact) mass is 407 g/mol. The lowest BCUT2D eigenvalue weighted by atomic mass is 10.1. The Balaban J connectivity index is 1.94. The fourth-order valence-electron chi connectivity index (χ4n) is 2.90. The van der Waals surface area contributed by atoms with E-state index in [4.69, 9.17) is 4.74 Å². The Labute approximate surface area is 163 Å². The third-order valence-electron chi connectivity index (χ3n) is 4.37. The van der Waals surface area contributed by atoms with E-state index in [2.05, 4.69) is 0 Å². The van der Waals surface area contributed by atoms with Gasteiger partial charge in [-0.1, -0.05) is 42.5 Å². The summed E-state index contributed by atoms with van der Waals surface area (Å²) in [5.41, 5.74) is -3.36. The van der Waals surface area contributed by atoms with Crippen molar-refractivity contribution < 1.29 is 32.3 Å². The molecule has 2 N–H and O–H groups in total. The first kappa shape index (κ1) is 20.2. The molecule has 0 spiro atoms. The molecule has 0 aliphatic carbocycles. The van der Waals surface area contributed by atoms with E-state index in [0.29, 0.717) is 10.5 Å². The highest BCUT2D eigenvalue weighted by Crippen LogP contribution is 2.35. The Bertz CT molecular complexity index is 949. The van der Waals surface area contributed by atoms with Crippen molar-refractivity contribution in [1.82, 2.24) is 15.5 Å². The summed E-state index contributed by atoms with van der Waals surface area (Å²) in [6.07, 6.45) is -5.29. The van der Waals surface area contributed by atoms with Crippen LogP contribution in [0.5, 0.6) is 5.75 Å². The first-order valence-electron chi connectivity index (χ1n) is 8.40. The number of para-hydroxylation sites is 1. The number of nitrogens with zero attached hydrogens (tertiary/aromatic N) is 1. The van der Waals surface area contributed by atoms with Crippen LogP contribution in [0, 0.1) is 0 Å². The Morgan fingerprint density at radius 2 is 1.72 bits per heavy atom. The van der Waals surface area contributed by atoms with Gasteiger partial charge < -0.3 is 10.1 Å². The first-order chi connectivity index (χ1) is 13.7. The van der Waals surface area contributed by atoms with Crippen LogP contribution in [0.4, 0.5) is 18.0 Å². The lowest BCUT2D eigenvalue weighted by Gasteiger charge is -2.30. The van der Waals surface area contributed by atoms with E-state index in [1.165, 1.54) is 31.4 Å². The van der Waals surface area contributed by atoms with Crippen LogP contribution in [0.3, 0.4) is 0 Å². The molecule has 29 heavy (non-hydrogen) atoms. The molecule has 10 heteroatoms. The number of halogens is 3. The second-order valence-corrected chi connectivity index (χ2v) is 6.21. The molecule has 7 nitrogen and oxygen atoms in total. The normalized spacial score (nSPS) is 19.1. The summed E-state index contributed by atoms with van der Waals surface area (Å²) in [4.78, 5) is 37.8. The minimum Gasteiger partial charge on any atom is -0.496 e. The van der Waals surface area contributed by atoms with Gasteiger partial charge in [0.25, 0.3) is 17.5 Å². The third-order valence-corrected chi connectivity index (χ3v) is 4.37. The maximum Gasteiger partial charge on any atom is 0.440 e. The zero-order valence-corrected chi connectivity index (χ0v) is 15.1. The van der Waals surface area contributed by atoms with Crippen molar-refractivity contribution in [2.75, 3.05) is 7.11 Å². The van der Waals surface area contributed by atoms with Crippen LogP contribution in [-0.4, -0.2) is 41.7 Å². The quantitative estimate of drug-likeness (QED) is 0.746. The highest BCUT2D eigenvalue weighted by atomic mass is 19.4. The fourth-order valence-corrected chi connectivity index (χ4v) is 2.90. The summed E-state index contributed by atoms with van der Waals surface area (Å²) in [7, 11) is 1.25. The van der Waals surface area contributed by atoms with Gasteiger partial charge in [0.05, 0.1) is 19.2 Å². The van der Waals surface area contributed by atoms with Crippen LogP contribution in [0.2, 0.25) is 0 Å². The second kappa shape index (κ2) is 7.46. The van der Waals surface area contributed by atoms with Gasteiger partial charge in [-0.15, -0.1) is 0 Å². The summed E-state index contributed by atoms with van der Waals surface area (Å²) >= 11 is 0. The van der Waals surface area contributed by atoms with Gasteiger partial charge >= 0.3 is 12.2 Å². The average Bonchev–Trinajstić information content (AvgIpc) is 2.93. The number of carbonyl (C=O) groups excluding carboxylic acids is 3. The number of hydrogen-bond donors (Lipinski definition) is 2. The van der Waals surface area contributed by atoms with Gasteiger partial charge in [-0.3, -0.25) is 19.8 Å². The molecule has 152 valence electrons. The molecule has 0 unspecified atom stereocenters. The molecule has 1 saturated heterocycles. The van der Waals surface area contributed by atoms with Gasteiger partial charge in [-0.05, 0) is 17.7 Å². The zero-order valence-electron chi connectivity index (χ0n) is 15.1. The fraction of sp³-hybridized carbons (Fsp3) is 0.211. The average molecular weight is 407 g/mol. The lowest BCUT2D eigenvalue weighted by Crippen LogP contribution is -2.69. The minimum absolute atomic E-state index is 0.0141. The third kappa shape index (κ3) is 3.60. The smallest absolute Gasteiger partial charge is 0.440 e. The van der Waals surface area contributed by atoms with Gasteiger partial charge in [0, 0.05) is 0 Å². The first-order valence-corrected chi connectivity index (χ1v) is 8.40. The number of ether oxygens (including phenoxy) is 1. The van der Waals surface area contributed by atoms with Crippen LogP contribution >= 0.6 is 0 Å². The van der Waals surface area contributed by atoms with Crippen molar-refractivity contribution in [2.45, 2.75) is 18.4 Å². The number of amides is 4. The van der Waals surface area contributed by atoms with E-state index in [0.717, 1.165) is 0 Å². The predicted molar refractivity (Wildman–Crippen MR) is 94.8 cm³/mol. The second-order valence-electron chi connectivity index (χ2n) is 6.21. The molecule has 1 aliphatic heterocycles. The summed E-state index contributed by atoms with van der Waals surface area (Å²) < 4.78 is 46.7. The Morgan fingerprint density at radius 1 is 1.10 bits per heavy atom. The number of urea groups is 1. The number of rotatable bonds is 5. The van der Waals surface area contributed by atoms with Gasteiger partial charge in [0.15, 0.2) is 0 Å². The van der Waals surface area contributed by atoms with E-state index >= 15 is 0 Å². The summed E-state index contributed by atoms with van der Waals surface area (Å²) in [5.74, 6) is -2.84. The van der Waals surface area contributed by atoms with E-state index in [-0.39, 0.29) is 17.9 Å². The summed E-state index contributed by atoms with van der Waals surface area (Å²) in [6.45, 7) is -0.381. The van der Waals surface area contributed by atoms with Crippen molar-refractivity contribution in [3.05, 3.63) is 65.7 Å². The van der Waals surface area contributed by atoms with Crippen molar-refractivity contribution in [3.8, 4) is 5.75 Å². The van der Waals surface area contributed by atoms with E-state index in [1.54, 1.807) is 41.0 Å². The van der Waals surface area contributed by atoms with E-state index in [9.17, 15) is 27.6 Å². The van der Waals surface area contributed by atoms with Crippen molar-refractivity contribution in [3.63, 3.8) is 0 Å². The molecular formula is C19H16F3N3O4. The number of carbonyl (C=O) groups is 3. The van der Waals surface area contributed by atoms with Crippen molar-refractivity contribution in [1.29, 1.82) is 0 Å². The number of benzene rings is 2. The summed E-state index contributed by atoms with van der Waals surface area (Å²) in [5, 5.41) is 3.26. The number of alkyl halides is 3. The van der Waals surface area contributed by atoms with E-state index in [1.807, 2.05) is 0 Å². The topological polar surface area (TPSA) is 87.7 Å². The SMILES string of the molecule is COc1ccccc1C(=O)N[C@@]1(C(F)(F)F)NC(=O)N(Cc2ccccc2)C1=O. The number of methoxy groups -OCH3 is 1. The Hall–Kier alpha value is -3.56. The molecule has 0 saturated carbocycles. The minimum atomic E-state index is -5.29. The number of hydrogen-bond acceptors (Lipinski definition) is 4. The standard InChI is InChI=1S/C19H16F3N3O4/c1-29-14-10-6-5-9-13(14)15(26)23-18(19(20,21)22)16(27)25(17(28)24-18)11-12-7-3-2-4-8-12/h2-10H,11H2,1H3,(H,23,26)(H,24,28)/t18-/m1/s1. The van der Waals surface area contributed by atoms with Crippen molar-refractivity contribution in [2.24, 2.45) is 0 Å². The summed E-state index contributed by atoms with van der Waals surface area (Å²) in [6, 6.07) is 12.3. The molecule has 4 amide bonds. The van der Waals surface area contributed by atoms with Gasteiger partial charge in [0.1, 0.15) is 5.75 Å². The van der Waals surface area contributed by atoms with Gasteiger partial charge in [0.2, 0.25) is 0 Å². The Kier molecular flexibility index (Phi) is 5.19. The van der Waals surface area contributed by atoms with Crippen LogP contribution in [-0.2, 0) is 11.3 Å². The molecule has 1 heterocycles. The molecule has 0 aromatic heterocycles. The molecule has 1 aliphatic rings. The molecule has 1 fully saturated rings. The highest BCUT2D eigenvalue weighted by molar-refractivity contribution is 6.10. The molecule has 3 rings (SSSR count). The zero-order chi connectivity index (χ0) is 21.2. The Morgan fingerprint density at radius 3 is 2.34 bits per heavy atom. The lowest BCUT2D eigenvalue weighted by molar-refractivity contribution is -0.200. The van der Waals surface area contributed by atoms with Crippen molar-refractivity contribution >= 4 is 17.8 Å². The predicted octanol–water partition coefficient (Wildman–Crippen LogP) is 2.44. The molecule has 1 atom stereocenters. The molecule has 0 bridgehead atoms. The van der Waals surface area contributed by atoms with E-state index < -0.39 is 29.7 Å². The van der Waals surface area contributed by atoms with Gasteiger partial charge in [-0.25, -0.2) is 4.79 Å². The van der Waals surface area contributed by atoms with Crippen LogP contribution < -0.4 is 15.4 Å². The largest absolute Gasteiger partial charge is 0.496 e. The van der Waals surface area contributed by atoms with Crippen LogP contribution in [0.1, 0.15) is 15.9 Å². The van der Waals surface area contributed by atoms with Crippen LogP contribution in [0.15, 0.2) is 54.6 Å².